The highest BCUT2D eigenvalue weighted by Gasteiger charge is 2.49. The van der Waals surface area contributed by atoms with E-state index in [1.54, 1.807) is 24.3 Å². The second-order valence-electron chi connectivity index (χ2n) is 6.47. The molecule has 1 aliphatic heterocycles. The lowest BCUT2D eigenvalue weighted by Gasteiger charge is -2.30. The summed E-state index contributed by atoms with van der Waals surface area (Å²) in [6.45, 7) is -0.905. The van der Waals surface area contributed by atoms with Crippen LogP contribution in [0.2, 0.25) is 5.02 Å². The molecule has 2 aromatic carbocycles. The van der Waals surface area contributed by atoms with Gasteiger partial charge in [-0.1, -0.05) is 35.9 Å². The molecule has 0 aromatic heterocycles. The van der Waals surface area contributed by atoms with E-state index in [4.69, 9.17) is 16.7 Å². The summed E-state index contributed by atoms with van der Waals surface area (Å²) in [5, 5.41) is 21.0. The van der Waals surface area contributed by atoms with E-state index in [1.165, 1.54) is 18.2 Å². The number of halogens is 2. The number of carboxylic acid groups (broad SMARTS) is 1. The van der Waals surface area contributed by atoms with Gasteiger partial charge in [-0.25, -0.2) is 9.18 Å². The predicted molar refractivity (Wildman–Crippen MR) is 107 cm³/mol. The molecule has 1 unspecified atom stereocenters. The van der Waals surface area contributed by atoms with Crippen molar-refractivity contribution in [2.45, 2.75) is 11.6 Å². The first kappa shape index (κ1) is 21.4. The number of aliphatic hydroxyl groups is 1. The maximum Gasteiger partial charge on any atom is 0.328 e. The van der Waals surface area contributed by atoms with Crippen LogP contribution in [0.15, 0.2) is 65.7 Å². The number of aliphatic hydroxyl groups excluding tert-OH is 1. The van der Waals surface area contributed by atoms with E-state index in [2.05, 4.69) is 10.3 Å². The third-order valence-electron chi connectivity index (χ3n) is 4.53. The van der Waals surface area contributed by atoms with Crippen LogP contribution in [0.25, 0.3) is 0 Å². The largest absolute Gasteiger partial charge is 0.480 e. The zero-order chi connectivity index (χ0) is 21.9. The van der Waals surface area contributed by atoms with Gasteiger partial charge in [0.25, 0.3) is 5.91 Å². The van der Waals surface area contributed by atoms with Crippen molar-refractivity contribution in [2.75, 3.05) is 6.61 Å². The Morgan fingerprint density at radius 3 is 2.47 bits per heavy atom. The number of hydrogen-bond donors (Lipinski definition) is 3. The van der Waals surface area contributed by atoms with Gasteiger partial charge in [0.05, 0.1) is 12.3 Å². The van der Waals surface area contributed by atoms with Gasteiger partial charge < -0.3 is 15.5 Å². The van der Waals surface area contributed by atoms with Gasteiger partial charge in [-0.3, -0.25) is 14.6 Å². The molecule has 0 radical (unpaired) electrons. The van der Waals surface area contributed by atoms with Crippen molar-refractivity contribution in [1.29, 1.82) is 0 Å². The van der Waals surface area contributed by atoms with Gasteiger partial charge >= 0.3 is 5.97 Å². The number of carboxylic acids is 1. The standard InChI is InChI=1S/C21H16ClFN2O5/c22-14-6-4-12(5-7-14)16-8-9-18(27)21(25-16,13-2-1-3-15(23)10-13)20(30)24-17(11-26)19(28)29/h1-10,17,26H,11H2,(H,24,30)(H,28,29)/t17-,21?/m0/s1. The number of ketones is 1. The molecule has 1 amide bonds. The fourth-order valence-corrected chi connectivity index (χ4v) is 3.12. The third-order valence-corrected chi connectivity index (χ3v) is 4.79. The summed E-state index contributed by atoms with van der Waals surface area (Å²) in [6, 6.07) is 9.55. The van der Waals surface area contributed by atoms with E-state index in [1.807, 2.05) is 0 Å². The second kappa shape index (κ2) is 8.56. The molecular formula is C21H16ClFN2O5. The summed E-state index contributed by atoms with van der Waals surface area (Å²) in [6.07, 6.45) is 2.52. The maximum atomic E-state index is 13.9. The lowest BCUT2D eigenvalue weighted by atomic mass is 9.82. The minimum atomic E-state index is -2.27. The number of amides is 1. The smallest absolute Gasteiger partial charge is 0.328 e. The van der Waals surface area contributed by atoms with Gasteiger partial charge in [0.2, 0.25) is 5.54 Å². The second-order valence-corrected chi connectivity index (χ2v) is 6.91. The Morgan fingerprint density at radius 1 is 1.17 bits per heavy atom. The van der Waals surface area contributed by atoms with Crippen LogP contribution >= 0.6 is 11.6 Å². The molecule has 9 heteroatoms. The fraction of sp³-hybridized carbons (Fsp3) is 0.143. The van der Waals surface area contributed by atoms with Crippen molar-refractivity contribution in [2.24, 2.45) is 4.99 Å². The Bertz CT molecular complexity index is 1070. The molecule has 1 aliphatic rings. The van der Waals surface area contributed by atoms with Crippen molar-refractivity contribution < 1.29 is 29.0 Å². The van der Waals surface area contributed by atoms with Gasteiger partial charge in [0.15, 0.2) is 5.78 Å². The topological polar surface area (TPSA) is 116 Å². The molecule has 154 valence electrons. The Kier molecular flexibility index (Phi) is 6.09. The highest BCUT2D eigenvalue weighted by Crippen LogP contribution is 2.33. The molecule has 2 atom stereocenters. The average molecular weight is 431 g/mol. The fourth-order valence-electron chi connectivity index (χ4n) is 2.99. The first-order valence-electron chi connectivity index (χ1n) is 8.77. The number of carbonyl (C=O) groups is 3. The molecule has 0 fully saturated rings. The molecule has 7 nitrogen and oxygen atoms in total. The number of nitrogens with one attached hydrogen (secondary N) is 1. The number of allylic oxidation sites excluding steroid dienone is 1. The van der Waals surface area contributed by atoms with Crippen LogP contribution in [0.3, 0.4) is 0 Å². The van der Waals surface area contributed by atoms with Crippen LogP contribution in [0.5, 0.6) is 0 Å². The zero-order valence-corrected chi connectivity index (χ0v) is 16.1. The van der Waals surface area contributed by atoms with E-state index < -0.39 is 41.7 Å². The van der Waals surface area contributed by atoms with Gasteiger partial charge in [0, 0.05) is 5.02 Å². The molecule has 0 saturated heterocycles. The summed E-state index contributed by atoms with van der Waals surface area (Å²) in [5.41, 5.74) is -1.58. The molecular weight excluding hydrogens is 415 g/mol. The Labute approximate surface area is 175 Å². The summed E-state index contributed by atoms with van der Waals surface area (Å²) in [5.74, 6) is -4.09. The summed E-state index contributed by atoms with van der Waals surface area (Å²) in [4.78, 5) is 41.7. The molecule has 30 heavy (non-hydrogen) atoms. The SMILES string of the molecule is O=C(O)[C@H](CO)NC(=O)C1(c2cccc(F)c2)N=C(c2ccc(Cl)cc2)C=CC1=O. The lowest BCUT2D eigenvalue weighted by Crippen LogP contribution is -2.55. The van der Waals surface area contributed by atoms with E-state index in [0.717, 1.165) is 18.2 Å². The highest BCUT2D eigenvalue weighted by molar-refractivity contribution is 6.31. The van der Waals surface area contributed by atoms with Crippen molar-refractivity contribution >= 4 is 35.0 Å². The average Bonchev–Trinajstić information content (AvgIpc) is 2.72. The maximum absolute atomic E-state index is 13.9. The zero-order valence-electron chi connectivity index (χ0n) is 15.4. The van der Waals surface area contributed by atoms with Gasteiger partial charge in [-0.2, -0.15) is 0 Å². The number of dihydropyridines is 1. The van der Waals surface area contributed by atoms with Gasteiger partial charge in [-0.05, 0) is 47.5 Å². The Balaban J connectivity index is 2.18. The molecule has 2 aromatic rings. The van der Waals surface area contributed by atoms with Crippen molar-refractivity contribution in [3.05, 3.63) is 82.6 Å². The van der Waals surface area contributed by atoms with Crippen molar-refractivity contribution in [1.82, 2.24) is 5.32 Å². The number of aliphatic imine (C=N–C) groups is 1. The van der Waals surface area contributed by atoms with Crippen molar-refractivity contribution in [3.63, 3.8) is 0 Å². The number of nitrogens with zero attached hydrogens (tertiary/aromatic N) is 1. The lowest BCUT2D eigenvalue weighted by molar-refractivity contribution is -0.145. The van der Waals surface area contributed by atoms with Crippen LogP contribution in [0, 0.1) is 5.82 Å². The van der Waals surface area contributed by atoms with Crippen LogP contribution in [-0.2, 0) is 19.9 Å². The monoisotopic (exact) mass is 430 g/mol. The van der Waals surface area contributed by atoms with E-state index in [9.17, 15) is 23.9 Å². The summed E-state index contributed by atoms with van der Waals surface area (Å²) >= 11 is 5.90. The van der Waals surface area contributed by atoms with E-state index in [0.29, 0.717) is 10.6 Å². The molecule has 3 rings (SSSR count). The highest BCUT2D eigenvalue weighted by atomic mass is 35.5. The van der Waals surface area contributed by atoms with E-state index >= 15 is 0 Å². The molecule has 0 saturated carbocycles. The molecule has 0 spiro atoms. The first-order chi connectivity index (χ1) is 14.3. The number of aliphatic carboxylic acids is 1. The normalized spacial score (nSPS) is 19.2. The first-order valence-corrected chi connectivity index (χ1v) is 9.14. The molecule has 1 heterocycles. The molecule has 0 aliphatic carbocycles. The van der Waals surface area contributed by atoms with Crippen LogP contribution in [0.1, 0.15) is 11.1 Å². The minimum Gasteiger partial charge on any atom is -0.480 e. The van der Waals surface area contributed by atoms with Gasteiger partial charge in [-0.15, -0.1) is 0 Å². The third kappa shape index (κ3) is 4.00. The van der Waals surface area contributed by atoms with E-state index in [-0.39, 0.29) is 11.3 Å². The molecule has 3 N–H and O–H groups in total. The number of carbonyl (C=O) groups excluding carboxylic acids is 2. The molecule has 0 bridgehead atoms. The van der Waals surface area contributed by atoms with Crippen LogP contribution in [0.4, 0.5) is 4.39 Å². The van der Waals surface area contributed by atoms with Crippen LogP contribution in [-0.4, -0.2) is 46.2 Å². The van der Waals surface area contributed by atoms with Gasteiger partial charge in [0.1, 0.15) is 11.9 Å². The minimum absolute atomic E-state index is 0.0807. The van der Waals surface area contributed by atoms with Crippen molar-refractivity contribution in [3.8, 4) is 0 Å². The Morgan fingerprint density at radius 2 is 1.87 bits per heavy atom. The Hall–Kier alpha value is -3.36. The predicted octanol–water partition coefficient (Wildman–Crippen LogP) is 1.86. The van der Waals surface area contributed by atoms with Crippen LogP contribution < -0.4 is 5.32 Å². The quantitative estimate of drug-likeness (QED) is 0.605. The number of hydrogen-bond acceptors (Lipinski definition) is 5. The number of rotatable bonds is 6. The number of benzene rings is 2. The summed E-state index contributed by atoms with van der Waals surface area (Å²) in [7, 11) is 0. The summed E-state index contributed by atoms with van der Waals surface area (Å²) < 4.78 is 13.9.